The zero-order valence-electron chi connectivity index (χ0n) is 9.57. The van der Waals surface area contributed by atoms with Crippen LogP contribution in [0, 0.1) is 0 Å². The zero-order chi connectivity index (χ0) is 11.1. The Bertz CT molecular complexity index is 289. The third kappa shape index (κ3) is 4.32. The third-order valence-electron chi connectivity index (χ3n) is 2.32. The van der Waals surface area contributed by atoms with E-state index in [0.717, 1.165) is 32.0 Å². The fourth-order valence-electron chi connectivity index (χ4n) is 1.41. The number of para-hydroxylation sites is 1. The maximum absolute atomic E-state index is 5.87. The minimum absolute atomic E-state index is 0.778. The Morgan fingerprint density at radius 3 is 2.73 bits per heavy atom. The summed E-state index contributed by atoms with van der Waals surface area (Å²) >= 11 is 0. The third-order valence-corrected chi connectivity index (χ3v) is 2.32. The van der Waals surface area contributed by atoms with Crippen LogP contribution in [0.1, 0.15) is 12.5 Å². The van der Waals surface area contributed by atoms with Crippen molar-refractivity contribution in [2.24, 2.45) is 0 Å². The van der Waals surface area contributed by atoms with Crippen LogP contribution in [0.4, 0.5) is 5.69 Å². The Hall–Kier alpha value is -1.06. The highest BCUT2D eigenvalue weighted by atomic mass is 16.5. The van der Waals surface area contributed by atoms with Crippen LogP contribution in [-0.2, 0) is 11.3 Å². The van der Waals surface area contributed by atoms with Crippen LogP contribution in [-0.4, -0.2) is 31.7 Å². The van der Waals surface area contributed by atoms with Crippen molar-refractivity contribution in [2.45, 2.75) is 13.5 Å². The first-order valence-electron chi connectivity index (χ1n) is 5.33. The molecule has 0 aliphatic rings. The summed E-state index contributed by atoms with van der Waals surface area (Å²) in [5, 5.41) is 0. The average Bonchev–Trinajstić information content (AvgIpc) is 2.22. The largest absolute Gasteiger partial charge is 0.398 e. The highest BCUT2D eigenvalue weighted by Gasteiger charge is 2.02. The second-order valence-electron chi connectivity index (χ2n) is 3.63. The first-order chi connectivity index (χ1) is 7.24. The van der Waals surface area contributed by atoms with Crippen LogP contribution in [0.25, 0.3) is 0 Å². The lowest BCUT2D eigenvalue weighted by molar-refractivity contribution is 0.120. The zero-order valence-corrected chi connectivity index (χ0v) is 9.57. The van der Waals surface area contributed by atoms with E-state index in [9.17, 15) is 0 Å². The fourth-order valence-corrected chi connectivity index (χ4v) is 1.41. The smallest absolute Gasteiger partial charge is 0.0593 e. The number of hydrogen-bond donors (Lipinski definition) is 1. The lowest BCUT2D eigenvalue weighted by Crippen LogP contribution is -2.23. The molecule has 0 saturated carbocycles. The Balaban J connectivity index is 2.37. The van der Waals surface area contributed by atoms with Gasteiger partial charge in [-0.1, -0.05) is 18.2 Å². The summed E-state index contributed by atoms with van der Waals surface area (Å²) < 4.78 is 5.30. The topological polar surface area (TPSA) is 38.5 Å². The molecule has 0 unspecified atom stereocenters. The number of ether oxygens (including phenoxy) is 1. The Morgan fingerprint density at radius 1 is 1.33 bits per heavy atom. The molecule has 3 heteroatoms. The molecule has 3 nitrogen and oxygen atoms in total. The van der Waals surface area contributed by atoms with Gasteiger partial charge in [-0.2, -0.15) is 0 Å². The molecule has 15 heavy (non-hydrogen) atoms. The van der Waals surface area contributed by atoms with E-state index in [1.165, 1.54) is 5.56 Å². The number of anilines is 1. The van der Waals surface area contributed by atoms with Crippen LogP contribution < -0.4 is 5.73 Å². The Labute approximate surface area is 91.8 Å². The number of nitrogens with zero attached hydrogens (tertiary/aromatic N) is 1. The molecule has 1 rings (SSSR count). The van der Waals surface area contributed by atoms with Crippen LogP contribution in [0.2, 0.25) is 0 Å². The van der Waals surface area contributed by atoms with Crippen molar-refractivity contribution in [1.82, 2.24) is 4.90 Å². The van der Waals surface area contributed by atoms with E-state index in [1.807, 2.05) is 25.1 Å². The molecule has 0 spiro atoms. The van der Waals surface area contributed by atoms with Gasteiger partial charge in [0.25, 0.3) is 0 Å². The normalized spacial score (nSPS) is 10.9. The van der Waals surface area contributed by atoms with Crippen molar-refractivity contribution in [3.05, 3.63) is 29.8 Å². The first-order valence-corrected chi connectivity index (χ1v) is 5.33. The van der Waals surface area contributed by atoms with Gasteiger partial charge in [0.15, 0.2) is 0 Å². The van der Waals surface area contributed by atoms with E-state index in [4.69, 9.17) is 10.5 Å². The minimum atomic E-state index is 0.778. The van der Waals surface area contributed by atoms with Gasteiger partial charge >= 0.3 is 0 Å². The second kappa shape index (κ2) is 6.43. The fraction of sp³-hybridized carbons (Fsp3) is 0.500. The second-order valence-corrected chi connectivity index (χ2v) is 3.63. The van der Waals surface area contributed by atoms with Gasteiger partial charge in [-0.05, 0) is 25.6 Å². The van der Waals surface area contributed by atoms with E-state index >= 15 is 0 Å². The Morgan fingerprint density at radius 2 is 2.07 bits per heavy atom. The summed E-state index contributed by atoms with van der Waals surface area (Å²) in [4.78, 5) is 2.21. The van der Waals surface area contributed by atoms with Gasteiger partial charge < -0.3 is 10.5 Å². The van der Waals surface area contributed by atoms with Gasteiger partial charge in [0, 0.05) is 25.4 Å². The quantitative estimate of drug-likeness (QED) is 0.571. The minimum Gasteiger partial charge on any atom is -0.398 e. The van der Waals surface area contributed by atoms with Crippen molar-refractivity contribution < 1.29 is 4.74 Å². The molecule has 0 saturated heterocycles. The summed E-state index contributed by atoms with van der Waals surface area (Å²) in [5.74, 6) is 0. The molecule has 0 radical (unpaired) electrons. The SMILES string of the molecule is CCOCCN(C)Cc1ccccc1N. The van der Waals surface area contributed by atoms with E-state index in [2.05, 4.69) is 18.0 Å². The summed E-state index contributed by atoms with van der Waals surface area (Å²) in [6.45, 7) is 5.37. The van der Waals surface area contributed by atoms with Gasteiger partial charge in [-0.15, -0.1) is 0 Å². The summed E-state index contributed by atoms with van der Waals surface area (Å²) in [6.07, 6.45) is 0. The molecule has 2 N–H and O–H groups in total. The molecular formula is C12H20N2O. The predicted octanol–water partition coefficient (Wildman–Crippen LogP) is 1.74. The highest BCUT2D eigenvalue weighted by Crippen LogP contribution is 2.12. The molecule has 1 aromatic rings. The lowest BCUT2D eigenvalue weighted by atomic mass is 10.2. The summed E-state index contributed by atoms with van der Waals surface area (Å²) in [7, 11) is 2.07. The molecule has 0 fully saturated rings. The van der Waals surface area contributed by atoms with Crippen molar-refractivity contribution in [2.75, 3.05) is 32.5 Å². The molecule has 0 bridgehead atoms. The average molecular weight is 208 g/mol. The maximum Gasteiger partial charge on any atom is 0.0593 e. The highest BCUT2D eigenvalue weighted by molar-refractivity contribution is 5.46. The first kappa shape index (κ1) is 12.0. The molecule has 0 atom stereocenters. The molecular weight excluding hydrogens is 188 g/mol. The van der Waals surface area contributed by atoms with Gasteiger partial charge in [-0.25, -0.2) is 0 Å². The molecule has 0 aliphatic carbocycles. The number of nitrogen functional groups attached to an aromatic ring is 1. The summed E-state index contributed by atoms with van der Waals surface area (Å²) in [5.41, 5.74) is 7.90. The molecule has 0 aromatic heterocycles. The standard InChI is InChI=1S/C12H20N2O/c1-3-15-9-8-14(2)10-11-6-4-5-7-12(11)13/h4-7H,3,8-10,13H2,1-2H3. The van der Waals surface area contributed by atoms with Crippen LogP contribution >= 0.6 is 0 Å². The molecule has 0 heterocycles. The Kier molecular flexibility index (Phi) is 5.15. The van der Waals surface area contributed by atoms with E-state index < -0.39 is 0 Å². The molecule has 84 valence electrons. The molecule has 1 aromatic carbocycles. The molecule has 0 amide bonds. The van der Waals surface area contributed by atoms with Crippen LogP contribution in [0.15, 0.2) is 24.3 Å². The van der Waals surface area contributed by atoms with Crippen molar-refractivity contribution in [3.63, 3.8) is 0 Å². The van der Waals surface area contributed by atoms with E-state index in [1.54, 1.807) is 0 Å². The number of nitrogens with two attached hydrogens (primary N) is 1. The van der Waals surface area contributed by atoms with Gasteiger partial charge in [-0.3, -0.25) is 4.90 Å². The monoisotopic (exact) mass is 208 g/mol. The number of benzene rings is 1. The van der Waals surface area contributed by atoms with Crippen molar-refractivity contribution >= 4 is 5.69 Å². The van der Waals surface area contributed by atoms with Crippen LogP contribution in [0.5, 0.6) is 0 Å². The summed E-state index contributed by atoms with van der Waals surface area (Å²) in [6, 6.07) is 7.97. The number of rotatable bonds is 6. The van der Waals surface area contributed by atoms with E-state index in [0.29, 0.717) is 0 Å². The van der Waals surface area contributed by atoms with Crippen molar-refractivity contribution in [3.8, 4) is 0 Å². The van der Waals surface area contributed by atoms with E-state index in [-0.39, 0.29) is 0 Å². The predicted molar refractivity (Wildman–Crippen MR) is 63.7 cm³/mol. The lowest BCUT2D eigenvalue weighted by Gasteiger charge is -2.17. The molecule has 0 aliphatic heterocycles. The van der Waals surface area contributed by atoms with Gasteiger partial charge in [0.05, 0.1) is 6.61 Å². The van der Waals surface area contributed by atoms with Crippen LogP contribution in [0.3, 0.4) is 0 Å². The van der Waals surface area contributed by atoms with Crippen molar-refractivity contribution in [1.29, 1.82) is 0 Å². The maximum atomic E-state index is 5.87. The van der Waals surface area contributed by atoms with Gasteiger partial charge in [0.2, 0.25) is 0 Å². The number of hydrogen-bond acceptors (Lipinski definition) is 3. The number of likely N-dealkylation sites (N-methyl/N-ethyl adjacent to an activating group) is 1. The van der Waals surface area contributed by atoms with Gasteiger partial charge in [0.1, 0.15) is 0 Å².